The number of hydrogen-bond acceptors (Lipinski definition) is 6. The molecule has 26 heavy (non-hydrogen) atoms. The first-order chi connectivity index (χ1) is 12.4. The summed E-state index contributed by atoms with van der Waals surface area (Å²) in [7, 11) is 0. The van der Waals surface area contributed by atoms with Crippen LogP contribution in [0.3, 0.4) is 0 Å². The predicted octanol–water partition coefficient (Wildman–Crippen LogP) is 4.03. The van der Waals surface area contributed by atoms with Crippen molar-refractivity contribution in [1.82, 2.24) is 19.9 Å². The van der Waals surface area contributed by atoms with Gasteiger partial charge < -0.3 is 9.72 Å². The third-order valence-electron chi connectivity index (χ3n) is 3.34. The van der Waals surface area contributed by atoms with E-state index < -0.39 is 11.7 Å². The Kier molecular flexibility index (Phi) is 5.41. The highest BCUT2D eigenvalue weighted by molar-refractivity contribution is 7.99. The fourth-order valence-electron chi connectivity index (χ4n) is 2.27. The zero-order valence-electron chi connectivity index (χ0n) is 14.9. The third kappa shape index (κ3) is 4.95. The lowest BCUT2D eigenvalue weighted by molar-refractivity contribution is 0.0635. The minimum Gasteiger partial charge on any atom is -0.444 e. The molecule has 2 heterocycles. The van der Waals surface area contributed by atoms with Crippen molar-refractivity contribution in [3.05, 3.63) is 42.2 Å². The first-order valence-electron chi connectivity index (χ1n) is 8.28. The van der Waals surface area contributed by atoms with Crippen molar-refractivity contribution in [2.45, 2.75) is 37.9 Å². The van der Waals surface area contributed by atoms with Gasteiger partial charge in [-0.05, 0) is 32.8 Å². The van der Waals surface area contributed by atoms with Crippen LogP contribution in [0.1, 0.15) is 26.3 Å². The number of carbonyl (C=O) groups excluding carboxylic acids is 1. The highest BCUT2D eigenvalue weighted by Gasteiger charge is 2.19. The number of carbonyl (C=O) groups is 1. The Bertz CT molecular complexity index is 889. The normalized spacial score (nSPS) is 11.5. The number of nitrogens with one attached hydrogen (secondary N) is 2. The summed E-state index contributed by atoms with van der Waals surface area (Å²) in [5.41, 5.74) is 1.75. The average molecular weight is 371 g/mol. The van der Waals surface area contributed by atoms with Crippen molar-refractivity contribution in [3.63, 3.8) is 0 Å². The highest BCUT2D eigenvalue weighted by Crippen LogP contribution is 2.23. The SMILES string of the molecule is CC(C)(C)OC(=O)Nc1nc(SCCc2ccccc2)nc2[nH]cnc12. The lowest BCUT2D eigenvalue weighted by atomic mass is 10.2. The van der Waals surface area contributed by atoms with Gasteiger partial charge in [0, 0.05) is 5.75 Å². The van der Waals surface area contributed by atoms with Gasteiger partial charge in [-0.1, -0.05) is 42.1 Å². The van der Waals surface area contributed by atoms with Crippen molar-refractivity contribution in [2.75, 3.05) is 11.1 Å². The van der Waals surface area contributed by atoms with Gasteiger partial charge in [0.1, 0.15) is 5.60 Å². The van der Waals surface area contributed by atoms with Crippen molar-refractivity contribution < 1.29 is 9.53 Å². The molecule has 0 radical (unpaired) electrons. The molecule has 0 spiro atoms. The molecular formula is C18H21N5O2S. The van der Waals surface area contributed by atoms with E-state index in [1.165, 1.54) is 23.7 Å². The van der Waals surface area contributed by atoms with E-state index in [0.717, 1.165) is 12.2 Å². The number of benzene rings is 1. The molecule has 0 saturated heterocycles. The van der Waals surface area contributed by atoms with Crippen LogP contribution in [-0.2, 0) is 11.2 Å². The second-order valence-corrected chi connectivity index (χ2v) is 7.73. The van der Waals surface area contributed by atoms with Crippen LogP contribution >= 0.6 is 11.8 Å². The summed E-state index contributed by atoms with van der Waals surface area (Å²) >= 11 is 1.53. The van der Waals surface area contributed by atoms with Crippen molar-refractivity contribution in [2.24, 2.45) is 0 Å². The monoisotopic (exact) mass is 371 g/mol. The number of aromatic amines is 1. The number of H-pyrrole nitrogens is 1. The first kappa shape index (κ1) is 18.2. The first-order valence-corrected chi connectivity index (χ1v) is 9.27. The van der Waals surface area contributed by atoms with Gasteiger partial charge in [0.05, 0.1) is 6.33 Å². The molecule has 0 atom stereocenters. The van der Waals surface area contributed by atoms with Gasteiger partial charge in [-0.2, -0.15) is 0 Å². The van der Waals surface area contributed by atoms with Gasteiger partial charge in [0.25, 0.3) is 0 Å². The Labute approximate surface area is 156 Å². The van der Waals surface area contributed by atoms with E-state index in [1.54, 1.807) is 0 Å². The molecule has 0 bridgehead atoms. The van der Waals surface area contributed by atoms with Gasteiger partial charge >= 0.3 is 6.09 Å². The van der Waals surface area contributed by atoms with E-state index >= 15 is 0 Å². The Morgan fingerprint density at radius 3 is 2.73 bits per heavy atom. The number of hydrogen-bond donors (Lipinski definition) is 2. The number of aromatic nitrogens is 4. The maximum absolute atomic E-state index is 12.1. The van der Waals surface area contributed by atoms with Crippen LogP contribution < -0.4 is 5.32 Å². The van der Waals surface area contributed by atoms with E-state index in [9.17, 15) is 4.79 Å². The molecule has 1 amide bonds. The fraction of sp³-hybridized carbons (Fsp3) is 0.333. The van der Waals surface area contributed by atoms with Gasteiger partial charge in [-0.15, -0.1) is 0 Å². The Balaban J connectivity index is 1.72. The standard InChI is InChI=1S/C18H21N5O2S/c1-18(2,3)25-17(24)23-15-13-14(20-11-19-13)21-16(22-15)26-10-9-12-7-5-4-6-8-12/h4-8,11H,9-10H2,1-3H3,(H2,19,20,21,22,23,24). The molecule has 136 valence electrons. The van der Waals surface area contributed by atoms with E-state index in [4.69, 9.17) is 4.74 Å². The molecule has 0 saturated carbocycles. The number of anilines is 1. The van der Waals surface area contributed by atoms with Crippen LogP contribution in [0.2, 0.25) is 0 Å². The zero-order chi connectivity index (χ0) is 18.6. The second kappa shape index (κ2) is 7.74. The lowest BCUT2D eigenvalue weighted by Crippen LogP contribution is -2.27. The molecule has 2 N–H and O–H groups in total. The summed E-state index contributed by atoms with van der Waals surface area (Å²) in [5.74, 6) is 1.17. The fourth-order valence-corrected chi connectivity index (χ4v) is 3.10. The number of ether oxygens (including phenoxy) is 1. The van der Waals surface area contributed by atoms with E-state index in [-0.39, 0.29) is 0 Å². The summed E-state index contributed by atoms with van der Waals surface area (Å²) in [5, 5.41) is 3.24. The number of rotatable bonds is 5. The quantitative estimate of drug-likeness (QED) is 0.519. The van der Waals surface area contributed by atoms with Crippen LogP contribution in [0.4, 0.5) is 10.6 Å². The summed E-state index contributed by atoms with van der Waals surface area (Å²) in [6.45, 7) is 5.42. The molecule has 0 aliphatic heterocycles. The molecule has 0 unspecified atom stereocenters. The molecule has 0 aliphatic carbocycles. The Morgan fingerprint density at radius 1 is 1.23 bits per heavy atom. The third-order valence-corrected chi connectivity index (χ3v) is 4.19. The average Bonchev–Trinajstić information content (AvgIpc) is 3.03. The number of amides is 1. The maximum atomic E-state index is 12.1. The summed E-state index contributed by atoms with van der Waals surface area (Å²) in [6, 6.07) is 10.2. The topological polar surface area (TPSA) is 92.8 Å². The van der Waals surface area contributed by atoms with Crippen LogP contribution in [0.15, 0.2) is 41.8 Å². The Morgan fingerprint density at radius 2 is 2.00 bits per heavy atom. The van der Waals surface area contributed by atoms with Crippen LogP contribution in [0, 0.1) is 0 Å². The van der Waals surface area contributed by atoms with Gasteiger partial charge in [0.15, 0.2) is 22.1 Å². The molecule has 3 aromatic rings. The van der Waals surface area contributed by atoms with Crippen LogP contribution in [0.5, 0.6) is 0 Å². The molecule has 7 nitrogen and oxygen atoms in total. The van der Waals surface area contributed by atoms with Gasteiger partial charge in [-0.25, -0.2) is 19.7 Å². The second-order valence-electron chi connectivity index (χ2n) is 6.67. The molecule has 2 aromatic heterocycles. The van der Waals surface area contributed by atoms with E-state index in [2.05, 4.69) is 37.4 Å². The minimum atomic E-state index is -0.588. The molecule has 3 rings (SSSR count). The minimum absolute atomic E-state index is 0.340. The smallest absolute Gasteiger partial charge is 0.413 e. The van der Waals surface area contributed by atoms with Crippen molar-refractivity contribution in [3.8, 4) is 0 Å². The lowest BCUT2D eigenvalue weighted by Gasteiger charge is -2.19. The number of aryl methyl sites for hydroxylation is 1. The molecule has 0 aliphatic rings. The number of thioether (sulfide) groups is 1. The van der Waals surface area contributed by atoms with E-state index in [0.29, 0.717) is 22.1 Å². The maximum Gasteiger partial charge on any atom is 0.413 e. The number of imidazole rings is 1. The highest BCUT2D eigenvalue weighted by atomic mass is 32.2. The molecule has 1 aromatic carbocycles. The number of nitrogens with zero attached hydrogens (tertiary/aromatic N) is 3. The van der Waals surface area contributed by atoms with Crippen LogP contribution in [0.25, 0.3) is 11.2 Å². The summed E-state index contributed by atoms with van der Waals surface area (Å²) < 4.78 is 5.29. The largest absolute Gasteiger partial charge is 0.444 e. The predicted molar refractivity (Wildman–Crippen MR) is 102 cm³/mol. The molecule has 8 heteroatoms. The molecule has 0 fully saturated rings. The van der Waals surface area contributed by atoms with Gasteiger partial charge in [0.2, 0.25) is 0 Å². The molecular weight excluding hydrogens is 350 g/mol. The summed E-state index contributed by atoms with van der Waals surface area (Å²) in [4.78, 5) is 28.1. The zero-order valence-corrected chi connectivity index (χ0v) is 15.8. The van der Waals surface area contributed by atoms with Crippen molar-refractivity contribution >= 4 is 34.8 Å². The number of fused-ring (bicyclic) bond motifs is 1. The van der Waals surface area contributed by atoms with Crippen LogP contribution in [-0.4, -0.2) is 37.4 Å². The Hall–Kier alpha value is -2.61. The van der Waals surface area contributed by atoms with Gasteiger partial charge in [-0.3, -0.25) is 5.32 Å². The van der Waals surface area contributed by atoms with Crippen molar-refractivity contribution in [1.29, 1.82) is 0 Å². The van der Waals surface area contributed by atoms with E-state index in [1.807, 2.05) is 39.0 Å². The summed E-state index contributed by atoms with van der Waals surface area (Å²) in [6.07, 6.45) is 1.86.